The quantitative estimate of drug-likeness (QED) is 0.556. The van der Waals surface area contributed by atoms with Crippen LogP contribution in [0.2, 0.25) is 5.02 Å². The molecule has 0 radical (unpaired) electrons. The minimum Gasteiger partial charge on any atom is -0.357 e. The molecule has 0 bridgehead atoms. The molecular weight excluding hydrogens is 474 g/mol. The van der Waals surface area contributed by atoms with Crippen LogP contribution in [0, 0.1) is 0 Å². The predicted octanol–water partition coefficient (Wildman–Crippen LogP) is 3.96. The van der Waals surface area contributed by atoms with Gasteiger partial charge in [0.25, 0.3) is 0 Å². The highest BCUT2D eigenvalue weighted by atomic mass is 35.5. The minimum absolute atomic E-state index is 0.0957. The third-order valence-corrected chi connectivity index (χ3v) is 6.99. The van der Waals surface area contributed by atoms with Gasteiger partial charge in [-0.15, -0.1) is 0 Å². The van der Waals surface area contributed by atoms with E-state index in [-0.39, 0.29) is 17.9 Å². The number of carbonyl (C=O) groups is 2. The molecule has 0 saturated heterocycles. The van der Waals surface area contributed by atoms with Crippen molar-refractivity contribution in [3.05, 3.63) is 64.7 Å². The normalized spacial score (nSPS) is 12.7. The van der Waals surface area contributed by atoms with Gasteiger partial charge in [-0.3, -0.25) is 13.9 Å². The van der Waals surface area contributed by atoms with Crippen molar-refractivity contribution in [2.45, 2.75) is 52.1 Å². The summed E-state index contributed by atoms with van der Waals surface area (Å²) in [6.45, 7) is 7.73. The van der Waals surface area contributed by atoms with Gasteiger partial charge in [-0.25, -0.2) is 8.42 Å². The maximum absolute atomic E-state index is 13.5. The van der Waals surface area contributed by atoms with E-state index in [1.165, 1.54) is 11.9 Å². The van der Waals surface area contributed by atoms with Crippen molar-refractivity contribution in [1.29, 1.82) is 0 Å². The van der Waals surface area contributed by atoms with Gasteiger partial charge in [0.2, 0.25) is 21.8 Å². The first-order chi connectivity index (χ1) is 15.8. The average Bonchev–Trinajstić information content (AvgIpc) is 2.77. The number of anilines is 1. The third-order valence-electron chi connectivity index (χ3n) is 5.60. The molecule has 7 nitrogen and oxygen atoms in total. The molecule has 0 saturated carbocycles. The molecule has 2 aromatic rings. The Balaban J connectivity index is 2.42. The molecule has 1 atom stereocenters. The average molecular weight is 508 g/mol. The number of rotatable bonds is 9. The van der Waals surface area contributed by atoms with Crippen molar-refractivity contribution in [1.82, 2.24) is 10.2 Å². The first kappa shape index (κ1) is 27.7. The summed E-state index contributed by atoms with van der Waals surface area (Å²) in [7, 11) is -2.25. The fraction of sp³-hybridized carbons (Fsp3) is 0.440. The standard InChI is InChI=1S/C25H34ClN3O4S/c1-7-22(24(31)27-5)28(16-18-8-12-20(26)13-9-18)23(30)17-29(34(6,32)33)21-14-10-19(11-15-21)25(2,3)4/h8-15,22H,7,16-17H2,1-6H3,(H,27,31)/t22-/m1/s1. The highest BCUT2D eigenvalue weighted by Gasteiger charge is 2.31. The van der Waals surface area contributed by atoms with E-state index in [4.69, 9.17) is 11.6 Å². The Hall–Kier alpha value is -2.58. The number of sulfonamides is 1. The van der Waals surface area contributed by atoms with Gasteiger partial charge in [-0.2, -0.15) is 0 Å². The first-order valence-corrected chi connectivity index (χ1v) is 13.3. The summed E-state index contributed by atoms with van der Waals surface area (Å²) in [6, 6.07) is 13.4. The number of hydrogen-bond donors (Lipinski definition) is 1. The summed E-state index contributed by atoms with van der Waals surface area (Å²) >= 11 is 5.98. The molecule has 186 valence electrons. The van der Waals surface area contributed by atoms with Crippen LogP contribution in [0.3, 0.4) is 0 Å². The fourth-order valence-electron chi connectivity index (χ4n) is 3.61. The van der Waals surface area contributed by atoms with Crippen LogP contribution in [-0.4, -0.2) is 51.0 Å². The van der Waals surface area contributed by atoms with E-state index in [0.717, 1.165) is 21.7 Å². The van der Waals surface area contributed by atoms with Crippen LogP contribution in [0.5, 0.6) is 0 Å². The van der Waals surface area contributed by atoms with Gasteiger partial charge in [-0.05, 0) is 47.2 Å². The van der Waals surface area contributed by atoms with Crippen molar-refractivity contribution in [2.24, 2.45) is 0 Å². The molecule has 0 aliphatic carbocycles. The lowest BCUT2D eigenvalue weighted by atomic mass is 9.87. The van der Waals surface area contributed by atoms with Crippen LogP contribution in [0.15, 0.2) is 48.5 Å². The lowest BCUT2D eigenvalue weighted by molar-refractivity contribution is -0.140. The number of carbonyl (C=O) groups excluding carboxylic acids is 2. The van der Waals surface area contributed by atoms with Crippen molar-refractivity contribution in [2.75, 3.05) is 24.2 Å². The number of benzene rings is 2. The molecule has 0 spiro atoms. The summed E-state index contributed by atoms with van der Waals surface area (Å²) in [5.41, 5.74) is 2.12. The monoisotopic (exact) mass is 507 g/mol. The van der Waals surface area contributed by atoms with E-state index in [1.54, 1.807) is 36.4 Å². The van der Waals surface area contributed by atoms with Crippen molar-refractivity contribution >= 4 is 39.1 Å². The van der Waals surface area contributed by atoms with Crippen LogP contribution in [0.4, 0.5) is 5.69 Å². The predicted molar refractivity (Wildman–Crippen MR) is 137 cm³/mol. The van der Waals surface area contributed by atoms with Crippen LogP contribution >= 0.6 is 11.6 Å². The van der Waals surface area contributed by atoms with E-state index < -0.39 is 28.5 Å². The maximum Gasteiger partial charge on any atom is 0.244 e. The number of halogens is 1. The van der Waals surface area contributed by atoms with Crippen LogP contribution in [0.25, 0.3) is 0 Å². The Morgan fingerprint density at radius 2 is 1.59 bits per heavy atom. The highest BCUT2D eigenvalue weighted by molar-refractivity contribution is 7.92. The number of nitrogens with zero attached hydrogens (tertiary/aromatic N) is 2. The Morgan fingerprint density at radius 1 is 1.03 bits per heavy atom. The first-order valence-electron chi connectivity index (χ1n) is 11.1. The molecule has 2 rings (SSSR count). The Labute approximate surface area is 208 Å². The Bertz CT molecular complexity index is 1090. The maximum atomic E-state index is 13.5. The second kappa shape index (κ2) is 11.2. The molecule has 0 aromatic heterocycles. The van der Waals surface area contributed by atoms with E-state index in [1.807, 2.05) is 19.1 Å². The number of nitrogens with one attached hydrogen (secondary N) is 1. The summed E-state index contributed by atoms with van der Waals surface area (Å²) in [5.74, 6) is -0.791. The van der Waals surface area contributed by atoms with Crippen molar-refractivity contribution in [3.8, 4) is 0 Å². The second-order valence-corrected chi connectivity index (χ2v) is 11.6. The van der Waals surface area contributed by atoms with Gasteiger partial charge in [0.05, 0.1) is 11.9 Å². The molecule has 1 N–H and O–H groups in total. The van der Waals surface area contributed by atoms with Crippen LogP contribution in [0.1, 0.15) is 45.2 Å². The van der Waals surface area contributed by atoms with Gasteiger partial charge in [0, 0.05) is 18.6 Å². The molecule has 9 heteroatoms. The van der Waals surface area contributed by atoms with Gasteiger partial charge >= 0.3 is 0 Å². The molecular formula is C25H34ClN3O4S. The van der Waals surface area contributed by atoms with E-state index >= 15 is 0 Å². The zero-order valence-electron chi connectivity index (χ0n) is 20.6. The molecule has 34 heavy (non-hydrogen) atoms. The topological polar surface area (TPSA) is 86.8 Å². The molecule has 0 heterocycles. The smallest absolute Gasteiger partial charge is 0.244 e. The number of likely N-dealkylation sites (N-methyl/N-ethyl adjacent to an activating group) is 1. The Morgan fingerprint density at radius 3 is 2.03 bits per heavy atom. The SMILES string of the molecule is CC[C@H](C(=O)NC)N(Cc1ccc(Cl)cc1)C(=O)CN(c1ccc(C(C)(C)C)cc1)S(C)(=O)=O. The molecule has 0 aliphatic rings. The van der Waals surface area contributed by atoms with Gasteiger partial charge in [0.15, 0.2) is 0 Å². The molecule has 2 aromatic carbocycles. The van der Waals surface area contributed by atoms with Crippen LogP contribution < -0.4 is 9.62 Å². The summed E-state index contributed by atoms with van der Waals surface area (Å²) in [4.78, 5) is 27.5. The van der Waals surface area contributed by atoms with Crippen LogP contribution in [-0.2, 0) is 31.6 Å². The lowest BCUT2D eigenvalue weighted by Gasteiger charge is -2.32. The fourth-order valence-corrected chi connectivity index (χ4v) is 4.59. The number of hydrogen-bond acceptors (Lipinski definition) is 4. The zero-order chi connectivity index (χ0) is 25.7. The van der Waals surface area contributed by atoms with Crippen molar-refractivity contribution in [3.63, 3.8) is 0 Å². The molecule has 0 fully saturated rings. The van der Waals surface area contributed by atoms with E-state index in [9.17, 15) is 18.0 Å². The second-order valence-electron chi connectivity index (χ2n) is 9.25. The summed E-state index contributed by atoms with van der Waals surface area (Å²) in [5, 5.41) is 3.15. The summed E-state index contributed by atoms with van der Waals surface area (Å²) < 4.78 is 26.4. The zero-order valence-corrected chi connectivity index (χ0v) is 22.2. The van der Waals surface area contributed by atoms with E-state index in [0.29, 0.717) is 17.1 Å². The van der Waals surface area contributed by atoms with Gasteiger partial charge in [0.1, 0.15) is 12.6 Å². The third kappa shape index (κ3) is 7.21. The largest absolute Gasteiger partial charge is 0.357 e. The number of amides is 2. The lowest BCUT2D eigenvalue weighted by Crippen LogP contribution is -2.51. The Kier molecular flexibility index (Phi) is 9.14. The summed E-state index contributed by atoms with van der Waals surface area (Å²) in [6.07, 6.45) is 1.44. The molecule has 0 aliphatic heterocycles. The molecule has 0 unspecified atom stereocenters. The minimum atomic E-state index is -3.76. The highest BCUT2D eigenvalue weighted by Crippen LogP contribution is 2.26. The van der Waals surface area contributed by atoms with Crippen molar-refractivity contribution < 1.29 is 18.0 Å². The van der Waals surface area contributed by atoms with Gasteiger partial charge in [-0.1, -0.05) is 63.6 Å². The molecule has 2 amide bonds. The van der Waals surface area contributed by atoms with Gasteiger partial charge < -0.3 is 10.2 Å². The van der Waals surface area contributed by atoms with E-state index in [2.05, 4.69) is 26.1 Å².